The normalized spacial score (nSPS) is 11.4. The van der Waals surface area contributed by atoms with Crippen LogP contribution in [0.3, 0.4) is 0 Å². The van der Waals surface area contributed by atoms with Crippen molar-refractivity contribution in [1.29, 1.82) is 0 Å². The van der Waals surface area contributed by atoms with E-state index in [0.29, 0.717) is 6.54 Å². The second-order valence-electron chi connectivity index (χ2n) is 5.14. The molecule has 0 heterocycles. The van der Waals surface area contributed by atoms with Gasteiger partial charge in [-0.1, -0.05) is 18.2 Å². The molecule has 0 aliphatic carbocycles. The molecule has 0 bridgehead atoms. The van der Waals surface area contributed by atoms with Crippen LogP contribution in [0.1, 0.15) is 41.8 Å². The van der Waals surface area contributed by atoms with Crippen molar-refractivity contribution in [2.75, 3.05) is 6.54 Å². The van der Waals surface area contributed by atoms with E-state index in [0.717, 1.165) is 23.1 Å². The highest BCUT2D eigenvalue weighted by Gasteiger charge is 2.21. The van der Waals surface area contributed by atoms with E-state index in [4.69, 9.17) is 5.73 Å². The summed E-state index contributed by atoms with van der Waals surface area (Å²) in [7, 11) is 0. The average molecular weight is 234 g/mol. The number of carbonyl (C=O) groups is 1. The van der Waals surface area contributed by atoms with Gasteiger partial charge in [0.25, 0.3) is 5.91 Å². The summed E-state index contributed by atoms with van der Waals surface area (Å²) in [5.41, 5.74) is 8.06. The highest BCUT2D eigenvalue weighted by molar-refractivity contribution is 5.97. The Morgan fingerprint density at radius 1 is 1.29 bits per heavy atom. The maximum Gasteiger partial charge on any atom is 0.252 e. The first-order valence-corrected chi connectivity index (χ1v) is 5.96. The summed E-state index contributed by atoms with van der Waals surface area (Å²) in [4.78, 5) is 12.2. The predicted octanol–water partition coefficient (Wildman–Crippen LogP) is 2.16. The van der Waals surface area contributed by atoms with Crippen molar-refractivity contribution < 1.29 is 4.79 Å². The monoisotopic (exact) mass is 234 g/mol. The molecule has 0 saturated heterocycles. The summed E-state index contributed by atoms with van der Waals surface area (Å²) >= 11 is 0. The van der Waals surface area contributed by atoms with Gasteiger partial charge >= 0.3 is 0 Å². The van der Waals surface area contributed by atoms with E-state index in [9.17, 15) is 4.79 Å². The smallest absolute Gasteiger partial charge is 0.252 e. The lowest BCUT2D eigenvalue weighted by atomic mass is 9.97. The molecule has 3 N–H and O–H groups in total. The van der Waals surface area contributed by atoms with Crippen LogP contribution in [0, 0.1) is 13.8 Å². The average Bonchev–Trinajstić information content (AvgIpc) is 2.15. The van der Waals surface area contributed by atoms with Crippen LogP contribution in [0.5, 0.6) is 0 Å². The molecule has 3 heteroatoms. The summed E-state index contributed by atoms with van der Waals surface area (Å²) in [5.74, 6) is -0.0148. The molecule has 0 atom stereocenters. The molecule has 1 aromatic carbocycles. The van der Waals surface area contributed by atoms with Gasteiger partial charge in [0.2, 0.25) is 0 Å². The van der Waals surface area contributed by atoms with E-state index in [1.165, 1.54) is 0 Å². The molecule has 0 unspecified atom stereocenters. The molecule has 0 aliphatic heterocycles. The first-order chi connectivity index (χ1) is 7.87. The van der Waals surface area contributed by atoms with E-state index in [1.807, 2.05) is 45.9 Å². The third kappa shape index (κ3) is 3.56. The molecule has 1 amide bonds. The van der Waals surface area contributed by atoms with Crippen LogP contribution in [0.4, 0.5) is 0 Å². The van der Waals surface area contributed by atoms with Gasteiger partial charge in [-0.2, -0.15) is 0 Å². The first-order valence-electron chi connectivity index (χ1n) is 5.96. The third-order valence-electron chi connectivity index (χ3n) is 2.93. The molecule has 1 rings (SSSR count). The van der Waals surface area contributed by atoms with Crippen LogP contribution in [-0.4, -0.2) is 18.0 Å². The maximum absolute atomic E-state index is 12.2. The van der Waals surface area contributed by atoms with Crippen LogP contribution < -0.4 is 11.1 Å². The molecule has 94 valence electrons. The Hall–Kier alpha value is -1.35. The van der Waals surface area contributed by atoms with Crippen molar-refractivity contribution in [3.05, 3.63) is 34.9 Å². The summed E-state index contributed by atoms with van der Waals surface area (Å²) in [5, 5.41) is 3.04. The maximum atomic E-state index is 12.2. The fourth-order valence-corrected chi connectivity index (χ4v) is 1.97. The minimum absolute atomic E-state index is 0.0148. The van der Waals surface area contributed by atoms with Gasteiger partial charge < -0.3 is 11.1 Å². The van der Waals surface area contributed by atoms with E-state index in [-0.39, 0.29) is 11.4 Å². The van der Waals surface area contributed by atoms with Crippen LogP contribution in [0.25, 0.3) is 0 Å². The standard InChI is InChI=1S/C14H22N2O/c1-10-6-5-7-11(2)12(10)13(17)16-14(3,4)8-9-15/h5-7H,8-9,15H2,1-4H3,(H,16,17). The number of hydrogen-bond donors (Lipinski definition) is 2. The Balaban J connectivity index is 2.91. The number of nitrogens with one attached hydrogen (secondary N) is 1. The molecule has 0 saturated carbocycles. The summed E-state index contributed by atoms with van der Waals surface area (Å²) < 4.78 is 0. The minimum atomic E-state index is -0.263. The SMILES string of the molecule is Cc1cccc(C)c1C(=O)NC(C)(C)CCN. The number of carbonyl (C=O) groups excluding carboxylic acids is 1. The van der Waals surface area contributed by atoms with Gasteiger partial charge in [0.05, 0.1) is 0 Å². The highest BCUT2D eigenvalue weighted by atomic mass is 16.1. The summed E-state index contributed by atoms with van der Waals surface area (Å²) in [6, 6.07) is 5.88. The van der Waals surface area contributed by atoms with Gasteiger partial charge in [-0.05, 0) is 51.8 Å². The number of aryl methyl sites for hydroxylation is 2. The number of nitrogens with two attached hydrogens (primary N) is 1. The Bertz CT molecular complexity index is 390. The van der Waals surface area contributed by atoms with Crippen LogP contribution in [0.2, 0.25) is 0 Å². The zero-order valence-corrected chi connectivity index (χ0v) is 11.1. The number of hydrogen-bond acceptors (Lipinski definition) is 2. The predicted molar refractivity (Wildman–Crippen MR) is 71.1 cm³/mol. The van der Waals surface area contributed by atoms with Crippen molar-refractivity contribution in [2.24, 2.45) is 5.73 Å². The number of amides is 1. The van der Waals surface area contributed by atoms with Gasteiger partial charge in [-0.3, -0.25) is 4.79 Å². The van der Waals surface area contributed by atoms with E-state index >= 15 is 0 Å². The summed E-state index contributed by atoms with van der Waals surface area (Å²) in [6.07, 6.45) is 0.768. The van der Waals surface area contributed by atoms with Gasteiger partial charge in [0.15, 0.2) is 0 Å². The van der Waals surface area contributed by atoms with Gasteiger partial charge in [-0.15, -0.1) is 0 Å². The highest BCUT2D eigenvalue weighted by Crippen LogP contribution is 2.15. The van der Waals surface area contributed by atoms with Gasteiger partial charge in [0.1, 0.15) is 0 Å². The Kier molecular flexibility index (Phi) is 4.29. The molecule has 3 nitrogen and oxygen atoms in total. The summed E-state index contributed by atoms with van der Waals surface area (Å²) in [6.45, 7) is 8.46. The molecule has 1 aromatic rings. The van der Waals surface area contributed by atoms with Crippen LogP contribution in [-0.2, 0) is 0 Å². The molecule has 0 radical (unpaired) electrons. The first kappa shape index (κ1) is 13.7. The number of rotatable bonds is 4. The zero-order chi connectivity index (χ0) is 13.1. The molecular formula is C14H22N2O. The Labute approximate surface area is 103 Å². The van der Waals surface area contributed by atoms with Crippen molar-refractivity contribution in [3.63, 3.8) is 0 Å². The molecule has 0 aromatic heterocycles. The molecule has 0 spiro atoms. The quantitative estimate of drug-likeness (QED) is 0.838. The van der Waals surface area contributed by atoms with Crippen molar-refractivity contribution in [1.82, 2.24) is 5.32 Å². The van der Waals surface area contributed by atoms with E-state index < -0.39 is 0 Å². The zero-order valence-electron chi connectivity index (χ0n) is 11.1. The van der Waals surface area contributed by atoms with Gasteiger partial charge in [-0.25, -0.2) is 0 Å². The van der Waals surface area contributed by atoms with Crippen LogP contribution >= 0.6 is 0 Å². The minimum Gasteiger partial charge on any atom is -0.347 e. The Morgan fingerprint density at radius 2 is 1.82 bits per heavy atom. The number of benzene rings is 1. The molecule has 17 heavy (non-hydrogen) atoms. The Morgan fingerprint density at radius 3 is 2.29 bits per heavy atom. The van der Waals surface area contributed by atoms with E-state index in [2.05, 4.69) is 5.32 Å². The fraction of sp³-hybridized carbons (Fsp3) is 0.500. The van der Waals surface area contributed by atoms with Crippen molar-refractivity contribution >= 4 is 5.91 Å². The largest absolute Gasteiger partial charge is 0.347 e. The molecule has 0 fully saturated rings. The second-order valence-corrected chi connectivity index (χ2v) is 5.14. The van der Waals surface area contributed by atoms with Crippen molar-refractivity contribution in [3.8, 4) is 0 Å². The topological polar surface area (TPSA) is 55.1 Å². The lowest BCUT2D eigenvalue weighted by molar-refractivity contribution is 0.0909. The molecule has 0 aliphatic rings. The lowest BCUT2D eigenvalue weighted by Crippen LogP contribution is -2.45. The van der Waals surface area contributed by atoms with Crippen LogP contribution in [0.15, 0.2) is 18.2 Å². The second kappa shape index (κ2) is 5.32. The third-order valence-corrected chi connectivity index (χ3v) is 2.93. The van der Waals surface area contributed by atoms with Gasteiger partial charge in [0, 0.05) is 11.1 Å². The fourth-order valence-electron chi connectivity index (χ4n) is 1.97. The van der Waals surface area contributed by atoms with E-state index in [1.54, 1.807) is 0 Å². The molecular weight excluding hydrogens is 212 g/mol. The lowest BCUT2D eigenvalue weighted by Gasteiger charge is -2.26. The van der Waals surface area contributed by atoms with Crippen molar-refractivity contribution in [2.45, 2.75) is 39.7 Å².